The summed E-state index contributed by atoms with van der Waals surface area (Å²) < 4.78 is 18.8. The van der Waals surface area contributed by atoms with Gasteiger partial charge in [-0.15, -0.1) is 0 Å². The number of fused-ring (bicyclic) bond motifs is 1. The number of ether oxygens (including phenoxy) is 1. The van der Waals surface area contributed by atoms with Gasteiger partial charge >= 0.3 is 6.09 Å². The van der Waals surface area contributed by atoms with Gasteiger partial charge in [-0.1, -0.05) is 6.07 Å². The summed E-state index contributed by atoms with van der Waals surface area (Å²) in [6.45, 7) is 6.75. The van der Waals surface area contributed by atoms with E-state index in [0.29, 0.717) is 18.9 Å². The maximum Gasteiger partial charge on any atom is 0.409 e. The van der Waals surface area contributed by atoms with Gasteiger partial charge in [-0.3, -0.25) is 4.79 Å². The Hall–Kier alpha value is -2.15. The molecular formula is C22H30FN3O3. The van der Waals surface area contributed by atoms with E-state index >= 15 is 0 Å². The van der Waals surface area contributed by atoms with Crippen LogP contribution in [0.5, 0.6) is 0 Å². The molecule has 3 aliphatic rings. The highest BCUT2D eigenvalue weighted by atomic mass is 19.1. The molecular weight excluding hydrogens is 373 g/mol. The molecule has 29 heavy (non-hydrogen) atoms. The van der Waals surface area contributed by atoms with Gasteiger partial charge in [0.05, 0.1) is 18.7 Å². The third-order valence-electron chi connectivity index (χ3n) is 6.50. The molecule has 3 heterocycles. The van der Waals surface area contributed by atoms with Gasteiger partial charge in [-0.2, -0.15) is 0 Å². The zero-order valence-corrected chi connectivity index (χ0v) is 17.1. The van der Waals surface area contributed by atoms with Gasteiger partial charge in [-0.25, -0.2) is 9.18 Å². The lowest BCUT2D eigenvalue weighted by Crippen LogP contribution is -2.48. The molecule has 2 amide bonds. The fourth-order valence-electron chi connectivity index (χ4n) is 4.93. The summed E-state index contributed by atoms with van der Waals surface area (Å²) in [5.74, 6) is 0.408. The summed E-state index contributed by atoms with van der Waals surface area (Å²) in [4.78, 5) is 30.5. The van der Waals surface area contributed by atoms with E-state index in [9.17, 15) is 14.0 Å². The molecule has 0 saturated carbocycles. The van der Waals surface area contributed by atoms with Gasteiger partial charge in [0.25, 0.3) is 0 Å². The molecule has 0 aliphatic carbocycles. The smallest absolute Gasteiger partial charge is 0.409 e. The Kier molecular flexibility index (Phi) is 6.04. The molecule has 0 spiro atoms. The van der Waals surface area contributed by atoms with Crippen molar-refractivity contribution in [2.24, 2.45) is 5.92 Å². The average Bonchev–Trinajstić information content (AvgIpc) is 3.04. The van der Waals surface area contributed by atoms with Crippen molar-refractivity contribution in [1.82, 2.24) is 9.80 Å². The van der Waals surface area contributed by atoms with Gasteiger partial charge in [0.2, 0.25) is 5.91 Å². The summed E-state index contributed by atoms with van der Waals surface area (Å²) in [6, 6.07) is 4.84. The molecule has 0 unspecified atom stereocenters. The number of anilines is 1. The summed E-state index contributed by atoms with van der Waals surface area (Å²) in [6.07, 6.45) is 4.05. The Bertz CT molecular complexity index is 756. The van der Waals surface area contributed by atoms with Crippen LogP contribution in [0.3, 0.4) is 0 Å². The van der Waals surface area contributed by atoms with Crippen LogP contribution in [0, 0.1) is 11.7 Å². The van der Waals surface area contributed by atoms with Crippen LogP contribution >= 0.6 is 0 Å². The van der Waals surface area contributed by atoms with Crippen molar-refractivity contribution in [3.63, 3.8) is 0 Å². The van der Waals surface area contributed by atoms with Crippen LogP contribution in [0.2, 0.25) is 0 Å². The van der Waals surface area contributed by atoms with E-state index in [2.05, 4.69) is 4.90 Å². The zero-order valence-electron chi connectivity index (χ0n) is 17.1. The third kappa shape index (κ3) is 4.39. The largest absolute Gasteiger partial charge is 0.450 e. The normalized spacial score (nSPS) is 21.5. The van der Waals surface area contributed by atoms with Crippen LogP contribution in [0.25, 0.3) is 0 Å². The number of likely N-dealkylation sites (tertiary alicyclic amines) is 2. The minimum Gasteiger partial charge on any atom is -0.450 e. The van der Waals surface area contributed by atoms with Crippen molar-refractivity contribution in [3.8, 4) is 0 Å². The Morgan fingerprint density at radius 2 is 1.86 bits per heavy atom. The molecule has 7 heteroatoms. The number of hydrogen-bond donors (Lipinski definition) is 0. The highest BCUT2D eigenvalue weighted by molar-refractivity contribution is 6.01. The summed E-state index contributed by atoms with van der Waals surface area (Å²) in [5.41, 5.74) is 1.70. The van der Waals surface area contributed by atoms with E-state index < -0.39 is 0 Å². The number of piperidine rings is 2. The number of nitrogens with zero attached hydrogens (tertiary/aromatic N) is 3. The Labute approximate surface area is 171 Å². The van der Waals surface area contributed by atoms with Gasteiger partial charge in [0, 0.05) is 38.8 Å². The predicted molar refractivity (Wildman–Crippen MR) is 108 cm³/mol. The first-order valence-electron chi connectivity index (χ1n) is 10.8. The fourth-order valence-corrected chi connectivity index (χ4v) is 4.93. The number of halogens is 1. The number of carbonyl (C=O) groups excluding carboxylic acids is 2. The van der Waals surface area contributed by atoms with E-state index in [-0.39, 0.29) is 23.9 Å². The predicted octanol–water partition coefficient (Wildman–Crippen LogP) is 3.05. The van der Waals surface area contributed by atoms with Crippen molar-refractivity contribution >= 4 is 17.7 Å². The highest BCUT2D eigenvalue weighted by Crippen LogP contribution is 2.34. The molecule has 4 rings (SSSR count). The van der Waals surface area contributed by atoms with Crippen molar-refractivity contribution in [2.75, 3.05) is 44.2 Å². The van der Waals surface area contributed by atoms with Crippen molar-refractivity contribution in [2.45, 2.75) is 45.1 Å². The lowest BCUT2D eigenvalue weighted by molar-refractivity contribution is -0.118. The van der Waals surface area contributed by atoms with Crippen LogP contribution in [-0.4, -0.2) is 67.2 Å². The highest BCUT2D eigenvalue weighted by Gasteiger charge is 2.35. The van der Waals surface area contributed by atoms with Gasteiger partial charge in [0.15, 0.2) is 0 Å². The van der Waals surface area contributed by atoms with Gasteiger partial charge in [-0.05, 0) is 56.2 Å². The Morgan fingerprint density at radius 1 is 1.14 bits per heavy atom. The summed E-state index contributed by atoms with van der Waals surface area (Å²) in [7, 11) is 0. The maximum atomic E-state index is 13.7. The first-order valence-corrected chi connectivity index (χ1v) is 10.8. The van der Waals surface area contributed by atoms with E-state index in [1.807, 2.05) is 16.7 Å². The van der Waals surface area contributed by atoms with E-state index in [1.54, 1.807) is 6.07 Å². The lowest BCUT2D eigenvalue weighted by Gasteiger charge is -2.39. The monoisotopic (exact) mass is 403 g/mol. The average molecular weight is 403 g/mol. The van der Waals surface area contributed by atoms with E-state index in [0.717, 1.165) is 69.7 Å². The molecule has 1 aromatic rings. The van der Waals surface area contributed by atoms with Crippen LogP contribution in [0.15, 0.2) is 18.2 Å². The third-order valence-corrected chi connectivity index (χ3v) is 6.50. The minimum atomic E-state index is -0.282. The lowest BCUT2D eigenvalue weighted by atomic mass is 9.94. The van der Waals surface area contributed by atoms with Gasteiger partial charge < -0.3 is 19.4 Å². The second-order valence-corrected chi connectivity index (χ2v) is 8.37. The molecule has 2 saturated heterocycles. The number of rotatable bonds is 4. The Balaban J connectivity index is 1.26. The Morgan fingerprint density at radius 3 is 2.55 bits per heavy atom. The van der Waals surface area contributed by atoms with Crippen LogP contribution < -0.4 is 4.90 Å². The van der Waals surface area contributed by atoms with Crippen LogP contribution in [-0.2, 0) is 16.0 Å². The van der Waals surface area contributed by atoms with Crippen molar-refractivity contribution in [1.29, 1.82) is 0 Å². The summed E-state index contributed by atoms with van der Waals surface area (Å²) >= 11 is 0. The maximum absolute atomic E-state index is 13.7. The second-order valence-electron chi connectivity index (χ2n) is 8.37. The molecule has 158 valence electrons. The minimum absolute atomic E-state index is 0.0930. The van der Waals surface area contributed by atoms with Crippen LogP contribution in [0.4, 0.5) is 14.9 Å². The molecule has 0 aromatic heterocycles. The second kappa shape index (κ2) is 8.69. The topological polar surface area (TPSA) is 53.1 Å². The number of hydrogen-bond acceptors (Lipinski definition) is 4. The molecule has 1 aromatic carbocycles. The molecule has 0 bridgehead atoms. The van der Waals surface area contributed by atoms with Crippen molar-refractivity contribution in [3.05, 3.63) is 29.6 Å². The van der Waals surface area contributed by atoms with Gasteiger partial charge in [0.1, 0.15) is 5.82 Å². The van der Waals surface area contributed by atoms with Crippen molar-refractivity contribution < 1.29 is 18.7 Å². The molecule has 6 nitrogen and oxygen atoms in total. The molecule has 0 radical (unpaired) electrons. The standard InChI is InChI=1S/C22H30FN3O3/c1-2-29-22(28)25-11-5-16(6-12-25)15-24-9-7-19(8-10-24)26-20-14-18(23)4-3-17(20)13-21(26)27/h3-4,14,16,19H,2,5-13,15H2,1H3. The first-order chi connectivity index (χ1) is 14.0. The van der Waals surface area contributed by atoms with E-state index in [1.165, 1.54) is 12.1 Å². The number of amides is 2. The SMILES string of the molecule is CCOC(=O)N1CCC(CN2CCC(N3C(=O)Cc4ccc(F)cc43)CC2)CC1. The van der Waals surface area contributed by atoms with Crippen LogP contribution in [0.1, 0.15) is 38.2 Å². The fraction of sp³-hybridized carbons (Fsp3) is 0.636. The molecule has 3 aliphatic heterocycles. The molecule has 0 atom stereocenters. The molecule has 0 N–H and O–H groups in total. The summed E-state index contributed by atoms with van der Waals surface area (Å²) in [5, 5.41) is 0. The number of carbonyl (C=O) groups is 2. The van der Waals surface area contributed by atoms with E-state index in [4.69, 9.17) is 4.74 Å². The molecule has 2 fully saturated rings. The number of benzene rings is 1. The first kappa shape index (κ1) is 20.1. The zero-order chi connectivity index (χ0) is 20.4. The quantitative estimate of drug-likeness (QED) is 0.776.